The first kappa shape index (κ1) is 21.5. The van der Waals surface area contributed by atoms with E-state index in [9.17, 15) is 19.5 Å². The Kier molecular flexibility index (Phi) is 5.43. The highest BCUT2D eigenvalue weighted by Crippen LogP contribution is 2.44. The zero-order chi connectivity index (χ0) is 23.8. The molecule has 1 aliphatic rings. The maximum Gasteiger partial charge on any atom is 0.308 e. The third-order valence-electron chi connectivity index (χ3n) is 5.43. The molecule has 0 radical (unpaired) electrons. The molecule has 0 aliphatic carbocycles. The van der Waals surface area contributed by atoms with Gasteiger partial charge in [0.05, 0.1) is 21.8 Å². The molecule has 0 saturated heterocycles. The third kappa shape index (κ3) is 3.74. The molecule has 34 heavy (non-hydrogen) atoms. The van der Waals surface area contributed by atoms with Gasteiger partial charge in [-0.05, 0) is 29.8 Å². The minimum Gasteiger partial charge on any atom is -0.503 e. The maximum atomic E-state index is 13.5. The van der Waals surface area contributed by atoms with E-state index in [2.05, 4.69) is 4.98 Å². The summed E-state index contributed by atoms with van der Waals surface area (Å²) in [4.78, 5) is 44.0. The number of amides is 1. The molecule has 2 heterocycles. The lowest BCUT2D eigenvalue weighted by molar-refractivity contribution is -0.131. The van der Waals surface area contributed by atoms with E-state index >= 15 is 0 Å². The number of anilines is 1. The van der Waals surface area contributed by atoms with Crippen LogP contribution < -0.4 is 9.64 Å². The standard InChI is InChI=1S/C26H18N2O5S/c1-15(29)33-18-13-11-16(12-14-18)22-21(23(30)17-7-3-2-4-8-17)24(31)25(32)28(22)26-27-19-9-5-6-10-20(19)34-26/h2-14,22,31H,1H3. The molecule has 4 aromatic rings. The van der Waals surface area contributed by atoms with E-state index in [0.717, 1.165) is 4.70 Å². The molecule has 3 aromatic carbocycles. The zero-order valence-corrected chi connectivity index (χ0v) is 18.8. The van der Waals surface area contributed by atoms with Crippen molar-refractivity contribution in [1.29, 1.82) is 0 Å². The Hall–Kier alpha value is -4.30. The number of esters is 1. The number of fused-ring (bicyclic) bond motifs is 1. The Morgan fingerprint density at radius 2 is 1.65 bits per heavy atom. The number of aliphatic hydroxyl groups excluding tert-OH is 1. The average molecular weight is 471 g/mol. The van der Waals surface area contributed by atoms with Crippen LogP contribution in [0.4, 0.5) is 5.13 Å². The summed E-state index contributed by atoms with van der Waals surface area (Å²) in [6, 6.07) is 21.5. The number of ether oxygens (including phenoxy) is 1. The summed E-state index contributed by atoms with van der Waals surface area (Å²) in [5, 5.41) is 11.2. The number of carbonyl (C=O) groups is 3. The van der Waals surface area contributed by atoms with Crippen molar-refractivity contribution in [1.82, 2.24) is 4.98 Å². The molecule has 0 saturated carbocycles. The number of hydrogen-bond acceptors (Lipinski definition) is 7. The minimum atomic E-state index is -0.910. The molecule has 1 unspecified atom stereocenters. The summed E-state index contributed by atoms with van der Waals surface area (Å²) in [7, 11) is 0. The van der Waals surface area contributed by atoms with Crippen LogP contribution in [0.2, 0.25) is 0 Å². The molecule has 1 atom stereocenters. The van der Waals surface area contributed by atoms with E-state index in [4.69, 9.17) is 4.74 Å². The Balaban J connectivity index is 1.64. The summed E-state index contributed by atoms with van der Waals surface area (Å²) in [6.45, 7) is 1.30. The molecule has 168 valence electrons. The van der Waals surface area contributed by atoms with Crippen LogP contribution in [0.5, 0.6) is 5.75 Å². The van der Waals surface area contributed by atoms with Crippen molar-refractivity contribution < 1.29 is 24.2 Å². The smallest absolute Gasteiger partial charge is 0.308 e. The van der Waals surface area contributed by atoms with Gasteiger partial charge in [-0.1, -0.05) is 65.9 Å². The predicted octanol–water partition coefficient (Wildman–Crippen LogP) is 5.00. The molecular weight excluding hydrogens is 452 g/mol. The number of thiazole rings is 1. The van der Waals surface area contributed by atoms with E-state index in [1.54, 1.807) is 54.6 Å². The summed E-state index contributed by atoms with van der Waals surface area (Å²) < 4.78 is 5.98. The third-order valence-corrected chi connectivity index (χ3v) is 6.47. The van der Waals surface area contributed by atoms with Crippen molar-refractivity contribution in [2.45, 2.75) is 13.0 Å². The van der Waals surface area contributed by atoms with E-state index in [1.807, 2.05) is 24.3 Å². The molecule has 0 fully saturated rings. The van der Waals surface area contributed by atoms with Gasteiger partial charge in [0.15, 0.2) is 16.7 Å². The minimum absolute atomic E-state index is 0.0318. The van der Waals surface area contributed by atoms with Gasteiger partial charge in [0.2, 0.25) is 0 Å². The topological polar surface area (TPSA) is 96.8 Å². The second-order valence-electron chi connectivity index (χ2n) is 7.66. The van der Waals surface area contributed by atoms with Gasteiger partial charge < -0.3 is 9.84 Å². The lowest BCUT2D eigenvalue weighted by Crippen LogP contribution is -2.31. The fourth-order valence-corrected chi connectivity index (χ4v) is 4.93. The van der Waals surface area contributed by atoms with Crippen LogP contribution in [0.15, 0.2) is 90.2 Å². The van der Waals surface area contributed by atoms with E-state index in [1.165, 1.54) is 23.2 Å². The van der Waals surface area contributed by atoms with Crippen LogP contribution >= 0.6 is 11.3 Å². The van der Waals surface area contributed by atoms with Crippen LogP contribution in [0.3, 0.4) is 0 Å². The summed E-state index contributed by atoms with van der Waals surface area (Å²) in [6.07, 6.45) is 0. The lowest BCUT2D eigenvalue weighted by atomic mass is 9.93. The van der Waals surface area contributed by atoms with Crippen LogP contribution in [0.1, 0.15) is 28.9 Å². The number of ketones is 1. The second-order valence-corrected chi connectivity index (χ2v) is 8.67. The molecule has 1 N–H and O–H groups in total. The van der Waals surface area contributed by atoms with E-state index < -0.39 is 29.5 Å². The fraction of sp³-hybridized carbons (Fsp3) is 0.0769. The van der Waals surface area contributed by atoms with Crippen molar-refractivity contribution in [3.05, 3.63) is 101 Å². The molecule has 1 amide bonds. The Morgan fingerprint density at radius 1 is 0.971 bits per heavy atom. The van der Waals surface area contributed by atoms with E-state index in [-0.39, 0.29) is 5.57 Å². The van der Waals surface area contributed by atoms with Gasteiger partial charge in [-0.15, -0.1) is 0 Å². The number of hydrogen-bond donors (Lipinski definition) is 1. The molecule has 5 rings (SSSR count). The van der Waals surface area contributed by atoms with Crippen LogP contribution in [0, 0.1) is 0 Å². The molecule has 0 spiro atoms. The number of carbonyl (C=O) groups excluding carboxylic acids is 3. The Labute approximate surface area is 198 Å². The lowest BCUT2D eigenvalue weighted by Gasteiger charge is -2.24. The van der Waals surface area contributed by atoms with Gasteiger partial charge in [-0.3, -0.25) is 19.3 Å². The van der Waals surface area contributed by atoms with Crippen molar-refractivity contribution in [2.75, 3.05) is 4.90 Å². The van der Waals surface area contributed by atoms with Crippen molar-refractivity contribution in [3.63, 3.8) is 0 Å². The highest BCUT2D eigenvalue weighted by molar-refractivity contribution is 7.22. The quantitative estimate of drug-likeness (QED) is 0.250. The number of aliphatic hydroxyl groups is 1. The summed E-state index contributed by atoms with van der Waals surface area (Å²) in [5.41, 5.74) is 1.59. The number of aromatic nitrogens is 1. The largest absolute Gasteiger partial charge is 0.503 e. The highest BCUT2D eigenvalue weighted by Gasteiger charge is 2.45. The first-order valence-electron chi connectivity index (χ1n) is 10.4. The van der Waals surface area contributed by atoms with Gasteiger partial charge in [-0.2, -0.15) is 0 Å². The highest BCUT2D eigenvalue weighted by atomic mass is 32.1. The summed E-state index contributed by atoms with van der Waals surface area (Å²) in [5.74, 6) is -1.90. The predicted molar refractivity (Wildman–Crippen MR) is 128 cm³/mol. The molecule has 1 aromatic heterocycles. The molecule has 0 bridgehead atoms. The fourth-order valence-electron chi connectivity index (χ4n) is 3.94. The Bertz CT molecular complexity index is 1420. The SMILES string of the molecule is CC(=O)Oc1ccc(C2C(C(=O)c3ccccc3)=C(O)C(=O)N2c2nc3ccccc3s2)cc1. The van der Waals surface area contributed by atoms with Gasteiger partial charge in [0.25, 0.3) is 5.91 Å². The molecule has 8 heteroatoms. The van der Waals surface area contributed by atoms with Crippen LogP contribution in [0.25, 0.3) is 10.2 Å². The van der Waals surface area contributed by atoms with Crippen LogP contribution in [-0.4, -0.2) is 27.8 Å². The number of Topliss-reactive ketones (excluding diaryl/α,β-unsaturated/α-hetero) is 1. The monoisotopic (exact) mass is 470 g/mol. The van der Waals surface area contributed by atoms with Crippen LogP contribution in [-0.2, 0) is 9.59 Å². The van der Waals surface area contributed by atoms with Gasteiger partial charge in [-0.25, -0.2) is 4.98 Å². The zero-order valence-electron chi connectivity index (χ0n) is 18.0. The number of rotatable bonds is 5. The average Bonchev–Trinajstić information content (AvgIpc) is 3.38. The molecule has 7 nitrogen and oxygen atoms in total. The van der Waals surface area contributed by atoms with Gasteiger partial charge in [0.1, 0.15) is 5.75 Å². The second kappa shape index (κ2) is 8.57. The van der Waals surface area contributed by atoms with Gasteiger partial charge in [0, 0.05) is 12.5 Å². The normalized spacial score (nSPS) is 15.7. The molecule has 1 aliphatic heterocycles. The molecular formula is C26H18N2O5S. The Morgan fingerprint density at radius 3 is 2.32 bits per heavy atom. The van der Waals surface area contributed by atoms with Crippen molar-refractivity contribution in [2.24, 2.45) is 0 Å². The number of nitrogens with zero attached hydrogens (tertiary/aromatic N) is 2. The van der Waals surface area contributed by atoms with Crippen molar-refractivity contribution >= 4 is 44.3 Å². The van der Waals surface area contributed by atoms with Crippen molar-refractivity contribution in [3.8, 4) is 5.75 Å². The number of para-hydroxylation sites is 1. The summed E-state index contributed by atoms with van der Waals surface area (Å²) >= 11 is 1.30. The first-order chi connectivity index (χ1) is 16.4. The van der Waals surface area contributed by atoms with E-state index in [0.29, 0.717) is 27.5 Å². The number of benzene rings is 3. The maximum absolute atomic E-state index is 13.5. The van der Waals surface area contributed by atoms with Gasteiger partial charge >= 0.3 is 5.97 Å². The first-order valence-corrected chi connectivity index (χ1v) is 11.3.